The van der Waals surface area contributed by atoms with Crippen molar-refractivity contribution in [3.05, 3.63) is 34.7 Å². The number of piperidine rings is 1. The second kappa shape index (κ2) is 9.97. The van der Waals surface area contributed by atoms with E-state index in [2.05, 4.69) is 12.2 Å². The Kier molecular flexibility index (Phi) is 7.30. The van der Waals surface area contributed by atoms with Crippen LogP contribution >= 0.6 is 0 Å². The number of carbonyl (C=O) groups is 2. The summed E-state index contributed by atoms with van der Waals surface area (Å²) in [5.74, 6) is 1.74. The van der Waals surface area contributed by atoms with E-state index in [9.17, 15) is 18.0 Å². The van der Waals surface area contributed by atoms with Crippen LogP contribution in [-0.2, 0) is 14.8 Å². The van der Waals surface area contributed by atoms with Gasteiger partial charge in [-0.25, -0.2) is 13.2 Å². The first-order valence-electron chi connectivity index (χ1n) is 12.7. The Morgan fingerprint density at radius 3 is 2.44 bits per heavy atom. The molecule has 0 unspecified atom stereocenters. The van der Waals surface area contributed by atoms with Gasteiger partial charge in [0.05, 0.1) is 0 Å². The van der Waals surface area contributed by atoms with Gasteiger partial charge in [-0.3, -0.25) is 14.7 Å². The number of hydrogen-bond donors (Lipinski definition) is 2. The number of benzene rings is 1. The molecule has 2 heterocycles. The maximum Gasteiger partial charge on any atom is 0.318 e. The van der Waals surface area contributed by atoms with E-state index >= 15 is 0 Å². The van der Waals surface area contributed by atoms with Crippen molar-refractivity contribution in [3.63, 3.8) is 0 Å². The number of amides is 3. The number of hydrogen-bond acceptors (Lipinski definition) is 5. The van der Waals surface area contributed by atoms with Gasteiger partial charge < -0.3 is 11.1 Å². The van der Waals surface area contributed by atoms with Crippen LogP contribution in [0.4, 0.5) is 10.5 Å². The summed E-state index contributed by atoms with van der Waals surface area (Å²) in [6, 6.07) is 4.77. The molecule has 1 aromatic rings. The van der Waals surface area contributed by atoms with Gasteiger partial charge in [0.2, 0.25) is 10.0 Å². The normalized spacial score (nSPS) is 24.9. The monoisotopic (exact) mass is 515 g/mol. The van der Waals surface area contributed by atoms with Crippen LogP contribution in [0, 0.1) is 18.8 Å². The van der Waals surface area contributed by atoms with Gasteiger partial charge in [-0.2, -0.15) is 4.31 Å². The van der Waals surface area contributed by atoms with Crippen molar-refractivity contribution in [1.29, 1.82) is 0 Å². The number of allylic oxidation sites excluding steroid dienone is 1. The molecule has 1 saturated heterocycles. The van der Waals surface area contributed by atoms with E-state index in [-0.39, 0.29) is 19.0 Å². The third-order valence-corrected chi connectivity index (χ3v) is 9.73. The topological polar surface area (TPSA) is 125 Å². The lowest BCUT2D eigenvalue weighted by Gasteiger charge is -2.34. The highest BCUT2D eigenvalue weighted by molar-refractivity contribution is 7.92. The Hall–Kier alpha value is -2.72. The van der Waals surface area contributed by atoms with Crippen LogP contribution in [0.1, 0.15) is 63.5 Å². The maximum atomic E-state index is 13.2. The molecule has 10 heteroatoms. The molecular weight excluding hydrogens is 478 g/mol. The summed E-state index contributed by atoms with van der Waals surface area (Å²) in [5, 5.41) is 4.32. The summed E-state index contributed by atoms with van der Waals surface area (Å²) >= 11 is 0. The standard InChI is InChI=1S/C26H37N5O4S/c1-17-5-7-20(8-6-17)23-28-24(32)26(29-23)11-13-31(14-12-26)36(34,35)16-19(3)22-10-9-21(15-18(22)2)30(4)25(27)33/h9-10,15-17,20H,5-8,11-14H2,1-4H3,(H2,27,33)(H,28,29,32). The molecule has 2 aliphatic heterocycles. The zero-order valence-corrected chi connectivity index (χ0v) is 22.4. The summed E-state index contributed by atoms with van der Waals surface area (Å²) in [5.41, 5.74) is 7.35. The average molecular weight is 516 g/mol. The van der Waals surface area contributed by atoms with E-state index in [0.29, 0.717) is 30.0 Å². The number of urea groups is 1. The van der Waals surface area contributed by atoms with Gasteiger partial charge in [0.1, 0.15) is 11.4 Å². The Balaban J connectivity index is 1.45. The highest BCUT2D eigenvalue weighted by Crippen LogP contribution is 2.36. The largest absolute Gasteiger partial charge is 0.351 e. The van der Waals surface area contributed by atoms with Gasteiger partial charge in [0.25, 0.3) is 5.91 Å². The molecule has 4 rings (SSSR count). The van der Waals surface area contributed by atoms with Crippen LogP contribution in [0.2, 0.25) is 0 Å². The number of amidine groups is 1. The quantitative estimate of drug-likeness (QED) is 0.623. The Labute approximate surface area is 213 Å². The molecule has 3 amide bonds. The van der Waals surface area contributed by atoms with Crippen LogP contribution in [-0.4, -0.2) is 56.2 Å². The molecule has 36 heavy (non-hydrogen) atoms. The highest BCUT2D eigenvalue weighted by Gasteiger charge is 2.48. The molecule has 0 bridgehead atoms. The summed E-state index contributed by atoms with van der Waals surface area (Å²) in [4.78, 5) is 30.5. The number of nitrogens with two attached hydrogens (primary N) is 1. The van der Waals surface area contributed by atoms with Crippen molar-refractivity contribution < 1.29 is 18.0 Å². The number of carbonyl (C=O) groups excluding carboxylic acids is 2. The summed E-state index contributed by atoms with van der Waals surface area (Å²) < 4.78 is 27.9. The average Bonchev–Trinajstić information content (AvgIpc) is 3.14. The second-order valence-electron chi connectivity index (χ2n) is 10.6. The number of sulfonamides is 1. The van der Waals surface area contributed by atoms with Crippen molar-refractivity contribution in [2.75, 3.05) is 25.0 Å². The SMILES string of the molecule is CC(=CS(=O)(=O)N1CCC2(CC1)N=C(C1CCC(C)CC1)NC2=O)c1ccc(N(C)C(N)=O)cc1C. The van der Waals surface area contributed by atoms with E-state index in [1.807, 2.05) is 6.92 Å². The first-order valence-corrected chi connectivity index (χ1v) is 14.2. The molecule has 0 atom stereocenters. The fourth-order valence-electron chi connectivity index (χ4n) is 5.51. The lowest BCUT2D eigenvalue weighted by atomic mass is 9.82. The number of aliphatic imine (C=N–C) groups is 1. The van der Waals surface area contributed by atoms with Crippen LogP contribution < -0.4 is 16.0 Å². The Morgan fingerprint density at radius 1 is 1.22 bits per heavy atom. The third kappa shape index (κ3) is 5.20. The number of nitrogens with zero attached hydrogens (tertiary/aromatic N) is 3. The number of rotatable bonds is 5. The van der Waals surface area contributed by atoms with Crippen LogP contribution in [0.3, 0.4) is 0 Å². The molecule has 3 N–H and O–H groups in total. The maximum absolute atomic E-state index is 13.2. The minimum Gasteiger partial charge on any atom is -0.351 e. The molecule has 196 valence electrons. The van der Waals surface area contributed by atoms with Crippen molar-refractivity contribution in [3.8, 4) is 0 Å². The number of aryl methyl sites for hydroxylation is 1. The van der Waals surface area contributed by atoms with Gasteiger partial charge in [-0.1, -0.05) is 25.8 Å². The Bertz CT molecular complexity index is 1210. The van der Waals surface area contributed by atoms with Crippen molar-refractivity contribution in [2.24, 2.45) is 22.6 Å². The molecule has 1 aromatic carbocycles. The summed E-state index contributed by atoms with van der Waals surface area (Å²) in [6.07, 6.45) is 5.14. The van der Waals surface area contributed by atoms with E-state index in [0.717, 1.165) is 48.6 Å². The minimum atomic E-state index is -3.68. The zero-order valence-electron chi connectivity index (χ0n) is 21.6. The predicted octanol–water partition coefficient (Wildman–Crippen LogP) is 3.39. The molecule has 0 aromatic heterocycles. The number of primary amides is 1. The van der Waals surface area contributed by atoms with Crippen molar-refractivity contribution >= 4 is 39.1 Å². The fraction of sp³-hybridized carbons (Fsp3) is 0.577. The van der Waals surface area contributed by atoms with Gasteiger partial charge in [-0.15, -0.1) is 0 Å². The van der Waals surface area contributed by atoms with Crippen LogP contribution in [0.5, 0.6) is 0 Å². The molecule has 9 nitrogen and oxygen atoms in total. The number of anilines is 1. The van der Waals surface area contributed by atoms with Gasteiger partial charge >= 0.3 is 6.03 Å². The smallest absolute Gasteiger partial charge is 0.318 e. The lowest BCUT2D eigenvalue weighted by molar-refractivity contribution is -0.125. The molecule has 1 spiro atoms. The molecular formula is C26H37N5O4S. The molecule has 2 fully saturated rings. The molecule has 1 saturated carbocycles. The molecule has 3 aliphatic rings. The van der Waals surface area contributed by atoms with Crippen LogP contribution in [0.25, 0.3) is 5.57 Å². The molecule has 0 radical (unpaired) electrons. The van der Waals surface area contributed by atoms with Crippen molar-refractivity contribution in [2.45, 2.75) is 64.8 Å². The summed E-state index contributed by atoms with van der Waals surface area (Å²) in [6.45, 7) is 6.38. The van der Waals surface area contributed by atoms with E-state index in [1.165, 1.54) is 14.6 Å². The van der Waals surface area contributed by atoms with Crippen molar-refractivity contribution in [1.82, 2.24) is 9.62 Å². The fourth-order valence-corrected chi connectivity index (χ4v) is 6.92. The zero-order chi connectivity index (χ0) is 26.3. The third-order valence-electron chi connectivity index (χ3n) is 7.99. The van der Waals surface area contributed by atoms with E-state index < -0.39 is 21.6 Å². The summed E-state index contributed by atoms with van der Waals surface area (Å²) in [7, 11) is -2.10. The van der Waals surface area contributed by atoms with Gasteiger partial charge in [0, 0.05) is 37.2 Å². The first kappa shape index (κ1) is 26.3. The second-order valence-corrected chi connectivity index (χ2v) is 12.4. The Morgan fingerprint density at radius 2 is 1.86 bits per heavy atom. The first-order chi connectivity index (χ1) is 16.9. The van der Waals surface area contributed by atoms with E-state index in [1.54, 1.807) is 32.2 Å². The molecule has 1 aliphatic carbocycles. The predicted molar refractivity (Wildman–Crippen MR) is 142 cm³/mol. The minimum absolute atomic E-state index is 0.0865. The van der Waals surface area contributed by atoms with Gasteiger partial charge in [0.15, 0.2) is 0 Å². The highest BCUT2D eigenvalue weighted by atomic mass is 32.2. The van der Waals surface area contributed by atoms with Gasteiger partial charge in [-0.05, 0) is 74.3 Å². The lowest BCUT2D eigenvalue weighted by Crippen LogP contribution is -2.50. The van der Waals surface area contributed by atoms with E-state index in [4.69, 9.17) is 10.7 Å². The number of nitrogens with one attached hydrogen (secondary N) is 1. The van der Waals surface area contributed by atoms with Crippen LogP contribution in [0.15, 0.2) is 28.6 Å².